The van der Waals surface area contributed by atoms with Crippen LogP contribution in [0.1, 0.15) is 25.5 Å². The number of thioether (sulfide) groups is 1. The van der Waals surface area contributed by atoms with E-state index in [1.165, 1.54) is 13.2 Å². The van der Waals surface area contributed by atoms with Crippen LogP contribution in [0.4, 0.5) is 4.39 Å². The first-order valence-electron chi connectivity index (χ1n) is 5.71. The fraction of sp³-hybridized carbons (Fsp3) is 0.538. The Labute approximate surface area is 107 Å². The summed E-state index contributed by atoms with van der Waals surface area (Å²) in [7, 11) is 1.52. The second-order valence-electron chi connectivity index (χ2n) is 4.43. The van der Waals surface area contributed by atoms with Crippen molar-refractivity contribution in [1.82, 2.24) is 0 Å². The third-order valence-electron chi connectivity index (χ3n) is 2.36. The van der Waals surface area contributed by atoms with Gasteiger partial charge < -0.3 is 10.5 Å². The topological polar surface area (TPSA) is 35.2 Å². The Morgan fingerprint density at radius 3 is 2.59 bits per heavy atom. The van der Waals surface area contributed by atoms with Gasteiger partial charge in [-0.1, -0.05) is 19.9 Å². The lowest BCUT2D eigenvalue weighted by molar-refractivity contribution is 0.410. The number of nitrogens with two attached hydrogens (primary N) is 1. The van der Waals surface area contributed by atoms with Crippen LogP contribution in [0.2, 0.25) is 0 Å². The maximum atomic E-state index is 13.7. The van der Waals surface area contributed by atoms with Crippen molar-refractivity contribution in [3.8, 4) is 5.75 Å². The van der Waals surface area contributed by atoms with E-state index >= 15 is 0 Å². The first kappa shape index (κ1) is 14.3. The molecule has 17 heavy (non-hydrogen) atoms. The molecule has 1 atom stereocenters. The van der Waals surface area contributed by atoms with Crippen molar-refractivity contribution in [3.05, 3.63) is 29.6 Å². The van der Waals surface area contributed by atoms with Crippen LogP contribution >= 0.6 is 11.8 Å². The van der Waals surface area contributed by atoms with E-state index in [1.807, 2.05) is 0 Å². The van der Waals surface area contributed by atoms with Crippen LogP contribution in [0.15, 0.2) is 18.2 Å². The minimum atomic E-state index is -0.290. The zero-order valence-electron chi connectivity index (χ0n) is 10.6. The molecule has 1 aromatic rings. The molecule has 0 bridgehead atoms. The first-order chi connectivity index (χ1) is 8.04. The molecule has 1 aromatic carbocycles. The maximum Gasteiger partial charge on any atom is 0.131 e. The highest BCUT2D eigenvalue weighted by atomic mass is 32.2. The molecule has 0 spiro atoms. The molecule has 0 amide bonds. The van der Waals surface area contributed by atoms with Crippen molar-refractivity contribution in [1.29, 1.82) is 0 Å². The van der Waals surface area contributed by atoms with E-state index < -0.39 is 0 Å². The van der Waals surface area contributed by atoms with Gasteiger partial charge in [0.1, 0.15) is 11.6 Å². The maximum absolute atomic E-state index is 13.7. The van der Waals surface area contributed by atoms with Crippen molar-refractivity contribution in [2.24, 2.45) is 11.7 Å². The highest BCUT2D eigenvalue weighted by molar-refractivity contribution is 7.99. The van der Waals surface area contributed by atoms with Gasteiger partial charge in [-0.15, -0.1) is 0 Å². The predicted octanol–water partition coefficient (Wildman–Crippen LogP) is 3.22. The average molecular weight is 257 g/mol. The predicted molar refractivity (Wildman–Crippen MR) is 72.0 cm³/mol. The van der Waals surface area contributed by atoms with Crippen molar-refractivity contribution in [2.45, 2.75) is 19.9 Å². The lowest BCUT2D eigenvalue weighted by Crippen LogP contribution is -2.15. The second-order valence-corrected chi connectivity index (χ2v) is 5.50. The number of hydrogen-bond acceptors (Lipinski definition) is 3. The van der Waals surface area contributed by atoms with Crippen molar-refractivity contribution >= 4 is 11.8 Å². The van der Waals surface area contributed by atoms with Gasteiger partial charge in [-0.2, -0.15) is 11.8 Å². The molecule has 0 fully saturated rings. The summed E-state index contributed by atoms with van der Waals surface area (Å²) in [5.41, 5.74) is 6.53. The van der Waals surface area contributed by atoms with Gasteiger partial charge in [0.15, 0.2) is 0 Å². The van der Waals surface area contributed by atoms with Gasteiger partial charge in [0, 0.05) is 23.4 Å². The molecule has 0 radical (unpaired) electrons. The Balaban J connectivity index is 2.59. The number of ether oxygens (including phenoxy) is 1. The van der Waals surface area contributed by atoms with Gasteiger partial charge in [0.25, 0.3) is 0 Å². The van der Waals surface area contributed by atoms with Crippen molar-refractivity contribution in [3.63, 3.8) is 0 Å². The van der Waals surface area contributed by atoms with E-state index in [1.54, 1.807) is 23.9 Å². The molecule has 1 unspecified atom stereocenters. The van der Waals surface area contributed by atoms with E-state index in [2.05, 4.69) is 13.8 Å². The SMILES string of the molecule is COc1ccc(C(N)CSCC(C)C)c(F)c1. The average Bonchev–Trinajstić information content (AvgIpc) is 2.28. The zero-order chi connectivity index (χ0) is 12.8. The highest BCUT2D eigenvalue weighted by Gasteiger charge is 2.12. The number of hydrogen-bond donors (Lipinski definition) is 1. The van der Waals surface area contributed by atoms with E-state index in [4.69, 9.17) is 10.5 Å². The quantitative estimate of drug-likeness (QED) is 0.850. The Bertz CT molecular complexity index is 357. The smallest absolute Gasteiger partial charge is 0.131 e. The summed E-state index contributed by atoms with van der Waals surface area (Å²) >= 11 is 1.76. The van der Waals surface area contributed by atoms with Crippen molar-refractivity contribution in [2.75, 3.05) is 18.6 Å². The number of rotatable bonds is 6. The molecule has 0 heterocycles. The van der Waals surface area contributed by atoms with Crippen LogP contribution in [-0.4, -0.2) is 18.6 Å². The van der Waals surface area contributed by atoms with Crippen LogP contribution in [0.3, 0.4) is 0 Å². The number of methoxy groups -OCH3 is 1. The van der Waals surface area contributed by atoms with Crippen LogP contribution in [0.25, 0.3) is 0 Å². The molecule has 96 valence electrons. The summed E-state index contributed by atoms with van der Waals surface area (Å²) in [6.07, 6.45) is 0. The van der Waals surface area contributed by atoms with E-state index in [9.17, 15) is 4.39 Å². The molecule has 0 aliphatic heterocycles. The molecule has 0 aromatic heterocycles. The summed E-state index contributed by atoms with van der Waals surface area (Å²) in [4.78, 5) is 0. The minimum absolute atomic E-state index is 0.260. The molecule has 1 rings (SSSR count). The summed E-state index contributed by atoms with van der Waals surface area (Å²) in [6, 6.07) is 4.56. The van der Waals surface area contributed by atoms with Gasteiger partial charge in [0.05, 0.1) is 7.11 Å². The molecule has 2 nitrogen and oxygen atoms in total. The second kappa shape index (κ2) is 6.87. The van der Waals surface area contributed by atoms with Gasteiger partial charge in [-0.05, 0) is 17.7 Å². The Kier molecular flexibility index (Phi) is 5.78. The molecule has 0 saturated heterocycles. The van der Waals surface area contributed by atoms with Gasteiger partial charge >= 0.3 is 0 Å². The molecule has 4 heteroatoms. The van der Waals surface area contributed by atoms with E-state index in [-0.39, 0.29) is 11.9 Å². The molecule has 0 aliphatic carbocycles. The largest absolute Gasteiger partial charge is 0.497 e. The monoisotopic (exact) mass is 257 g/mol. The fourth-order valence-electron chi connectivity index (χ4n) is 1.46. The fourth-order valence-corrected chi connectivity index (χ4v) is 2.50. The van der Waals surface area contributed by atoms with Crippen LogP contribution in [0, 0.1) is 11.7 Å². The van der Waals surface area contributed by atoms with E-state index in [0.717, 1.165) is 11.5 Å². The molecular formula is C13H20FNOS. The van der Waals surface area contributed by atoms with E-state index in [0.29, 0.717) is 17.2 Å². The third-order valence-corrected chi connectivity index (χ3v) is 3.85. The lowest BCUT2D eigenvalue weighted by Gasteiger charge is -2.14. The molecular weight excluding hydrogens is 237 g/mol. The summed E-state index contributed by atoms with van der Waals surface area (Å²) in [5, 5.41) is 0. The molecule has 0 aliphatic rings. The van der Waals surface area contributed by atoms with Crippen LogP contribution in [-0.2, 0) is 0 Å². The zero-order valence-corrected chi connectivity index (χ0v) is 11.4. The normalized spacial score (nSPS) is 12.8. The summed E-state index contributed by atoms with van der Waals surface area (Å²) in [5.74, 6) is 2.65. The lowest BCUT2D eigenvalue weighted by atomic mass is 10.1. The number of benzene rings is 1. The minimum Gasteiger partial charge on any atom is -0.497 e. The van der Waals surface area contributed by atoms with Crippen LogP contribution < -0.4 is 10.5 Å². The van der Waals surface area contributed by atoms with Crippen molar-refractivity contribution < 1.29 is 9.13 Å². The summed E-state index contributed by atoms with van der Waals surface area (Å²) in [6.45, 7) is 4.32. The molecule has 0 saturated carbocycles. The Hall–Kier alpha value is -0.740. The number of halogens is 1. The van der Waals surface area contributed by atoms with Gasteiger partial charge in [-0.3, -0.25) is 0 Å². The van der Waals surface area contributed by atoms with Gasteiger partial charge in [0.2, 0.25) is 0 Å². The molecule has 2 N–H and O–H groups in total. The standard InChI is InChI=1S/C13H20FNOS/c1-9(2)7-17-8-13(15)11-5-4-10(16-3)6-12(11)14/h4-6,9,13H,7-8,15H2,1-3H3. The summed E-state index contributed by atoms with van der Waals surface area (Å²) < 4.78 is 18.7. The Morgan fingerprint density at radius 1 is 1.35 bits per heavy atom. The Morgan fingerprint density at radius 2 is 2.06 bits per heavy atom. The highest BCUT2D eigenvalue weighted by Crippen LogP contribution is 2.23. The third kappa shape index (κ3) is 4.56. The van der Waals surface area contributed by atoms with Crippen LogP contribution in [0.5, 0.6) is 5.75 Å². The first-order valence-corrected chi connectivity index (χ1v) is 6.86. The van der Waals surface area contributed by atoms with Gasteiger partial charge in [-0.25, -0.2) is 4.39 Å².